The van der Waals surface area contributed by atoms with Crippen molar-refractivity contribution in [2.45, 2.75) is 6.92 Å². The van der Waals surface area contributed by atoms with Gasteiger partial charge in [-0.25, -0.2) is 0 Å². The fourth-order valence-corrected chi connectivity index (χ4v) is 2.97. The van der Waals surface area contributed by atoms with Gasteiger partial charge in [0.05, 0.1) is 16.3 Å². The van der Waals surface area contributed by atoms with Gasteiger partial charge in [0.2, 0.25) is 0 Å². The van der Waals surface area contributed by atoms with Gasteiger partial charge in [0.15, 0.2) is 0 Å². The number of rotatable bonds is 1. The summed E-state index contributed by atoms with van der Waals surface area (Å²) in [5.74, 6) is 0. The first-order chi connectivity index (χ1) is 8.16. The van der Waals surface area contributed by atoms with E-state index in [0.29, 0.717) is 0 Å². The van der Waals surface area contributed by atoms with Crippen LogP contribution in [0.25, 0.3) is 20.7 Å². The van der Waals surface area contributed by atoms with Crippen LogP contribution in [-0.4, -0.2) is 9.78 Å². The zero-order chi connectivity index (χ0) is 12.0. The number of benzene rings is 1. The molecule has 0 aliphatic carbocycles. The molecule has 86 valence electrons. The van der Waals surface area contributed by atoms with Crippen LogP contribution in [0.3, 0.4) is 0 Å². The van der Waals surface area contributed by atoms with E-state index in [2.05, 4.69) is 29.4 Å². The summed E-state index contributed by atoms with van der Waals surface area (Å²) in [5, 5.41) is 5.72. The van der Waals surface area contributed by atoms with Crippen molar-refractivity contribution in [2.75, 3.05) is 5.73 Å². The average molecular weight is 243 g/mol. The standard InChI is InChI=1S/C13H13N3S/c1-8-12(14)13(15-16(8)2)11-7-9-5-3-4-6-10(9)17-11/h3-7H,14H2,1-2H3. The van der Waals surface area contributed by atoms with Crippen molar-refractivity contribution in [1.29, 1.82) is 0 Å². The molecule has 17 heavy (non-hydrogen) atoms. The van der Waals surface area contributed by atoms with E-state index in [0.717, 1.165) is 22.0 Å². The summed E-state index contributed by atoms with van der Waals surface area (Å²) in [6, 6.07) is 10.5. The predicted molar refractivity (Wildman–Crippen MR) is 73.2 cm³/mol. The molecule has 3 nitrogen and oxygen atoms in total. The highest BCUT2D eigenvalue weighted by atomic mass is 32.1. The minimum atomic E-state index is 0.777. The van der Waals surface area contributed by atoms with Crippen LogP contribution in [0.2, 0.25) is 0 Å². The Morgan fingerprint density at radius 2 is 2.06 bits per heavy atom. The summed E-state index contributed by atoms with van der Waals surface area (Å²) in [7, 11) is 1.92. The van der Waals surface area contributed by atoms with Crippen LogP contribution in [0.1, 0.15) is 5.69 Å². The van der Waals surface area contributed by atoms with Crippen LogP contribution >= 0.6 is 11.3 Å². The topological polar surface area (TPSA) is 43.8 Å². The van der Waals surface area contributed by atoms with Crippen molar-refractivity contribution in [1.82, 2.24) is 9.78 Å². The molecule has 0 aliphatic rings. The maximum Gasteiger partial charge on any atom is 0.125 e. The van der Waals surface area contributed by atoms with Crippen molar-refractivity contribution in [3.63, 3.8) is 0 Å². The highest BCUT2D eigenvalue weighted by Gasteiger charge is 2.13. The van der Waals surface area contributed by atoms with Crippen molar-refractivity contribution in [3.05, 3.63) is 36.0 Å². The smallest absolute Gasteiger partial charge is 0.125 e. The van der Waals surface area contributed by atoms with Gasteiger partial charge in [0.25, 0.3) is 0 Å². The second-order valence-electron chi connectivity index (χ2n) is 4.12. The minimum absolute atomic E-state index is 0.777. The van der Waals surface area contributed by atoms with Gasteiger partial charge in [-0.3, -0.25) is 4.68 Å². The number of fused-ring (bicyclic) bond motifs is 1. The van der Waals surface area contributed by atoms with Crippen molar-refractivity contribution < 1.29 is 0 Å². The Hall–Kier alpha value is -1.81. The first-order valence-corrected chi connectivity index (χ1v) is 6.26. The SMILES string of the molecule is Cc1c(N)c(-c2cc3ccccc3s2)nn1C. The number of aryl methyl sites for hydroxylation is 1. The molecule has 0 atom stereocenters. The maximum atomic E-state index is 6.08. The summed E-state index contributed by atoms with van der Waals surface area (Å²) in [6.07, 6.45) is 0. The molecular weight excluding hydrogens is 230 g/mol. The van der Waals surface area contributed by atoms with Crippen molar-refractivity contribution in [3.8, 4) is 10.6 Å². The Morgan fingerprint density at radius 3 is 2.71 bits per heavy atom. The fourth-order valence-electron chi connectivity index (χ4n) is 1.91. The molecule has 2 N–H and O–H groups in total. The lowest BCUT2D eigenvalue weighted by Gasteiger charge is -1.92. The molecule has 0 saturated carbocycles. The molecule has 0 bridgehead atoms. The molecule has 0 fully saturated rings. The molecule has 3 aromatic rings. The number of nitrogens with zero attached hydrogens (tertiary/aromatic N) is 2. The van der Waals surface area contributed by atoms with E-state index in [1.54, 1.807) is 11.3 Å². The predicted octanol–water partition coefficient (Wildman–Crippen LogP) is 3.19. The number of thiophene rings is 1. The van der Waals surface area contributed by atoms with Crippen LogP contribution in [0.15, 0.2) is 30.3 Å². The second kappa shape index (κ2) is 3.60. The first kappa shape index (κ1) is 10.4. The zero-order valence-corrected chi connectivity index (χ0v) is 10.6. The van der Waals surface area contributed by atoms with Crippen LogP contribution in [0.5, 0.6) is 0 Å². The Bertz CT molecular complexity index is 661. The van der Waals surface area contributed by atoms with E-state index < -0.39 is 0 Å². The number of hydrogen-bond donors (Lipinski definition) is 1. The van der Waals surface area contributed by atoms with E-state index in [1.807, 2.05) is 24.7 Å². The molecule has 0 aliphatic heterocycles. The van der Waals surface area contributed by atoms with Gasteiger partial charge in [-0.2, -0.15) is 5.10 Å². The maximum absolute atomic E-state index is 6.08. The van der Waals surface area contributed by atoms with Gasteiger partial charge in [0, 0.05) is 11.7 Å². The Morgan fingerprint density at radius 1 is 1.29 bits per heavy atom. The highest BCUT2D eigenvalue weighted by molar-refractivity contribution is 7.22. The zero-order valence-electron chi connectivity index (χ0n) is 9.77. The normalized spacial score (nSPS) is 11.2. The number of anilines is 1. The third-order valence-corrected chi connectivity index (χ3v) is 4.16. The number of nitrogen functional groups attached to an aromatic ring is 1. The molecule has 0 radical (unpaired) electrons. The molecule has 0 amide bonds. The summed E-state index contributed by atoms with van der Waals surface area (Å²) in [6.45, 7) is 1.99. The molecule has 0 unspecified atom stereocenters. The summed E-state index contributed by atoms with van der Waals surface area (Å²) in [4.78, 5) is 1.13. The number of nitrogens with two attached hydrogens (primary N) is 1. The Kier molecular flexibility index (Phi) is 2.19. The van der Waals surface area contributed by atoms with Gasteiger partial charge in [0.1, 0.15) is 5.69 Å². The Balaban J connectivity index is 2.23. The van der Waals surface area contributed by atoms with Crippen LogP contribution < -0.4 is 5.73 Å². The number of aromatic nitrogens is 2. The third-order valence-electron chi connectivity index (χ3n) is 3.04. The highest BCUT2D eigenvalue weighted by Crippen LogP contribution is 2.36. The molecule has 1 aromatic carbocycles. The van der Waals surface area contributed by atoms with Gasteiger partial charge < -0.3 is 5.73 Å². The number of hydrogen-bond acceptors (Lipinski definition) is 3. The minimum Gasteiger partial charge on any atom is -0.395 e. The first-order valence-electron chi connectivity index (χ1n) is 5.45. The summed E-state index contributed by atoms with van der Waals surface area (Å²) >= 11 is 1.73. The van der Waals surface area contributed by atoms with Crippen LogP contribution in [0.4, 0.5) is 5.69 Å². The van der Waals surface area contributed by atoms with E-state index in [4.69, 9.17) is 5.73 Å². The quantitative estimate of drug-likeness (QED) is 0.713. The molecule has 0 spiro atoms. The van der Waals surface area contributed by atoms with E-state index in [-0.39, 0.29) is 0 Å². The van der Waals surface area contributed by atoms with Crippen LogP contribution in [0, 0.1) is 6.92 Å². The van der Waals surface area contributed by atoms with Crippen LogP contribution in [-0.2, 0) is 7.05 Å². The lowest BCUT2D eigenvalue weighted by Crippen LogP contribution is -1.93. The second-order valence-corrected chi connectivity index (χ2v) is 5.20. The lowest BCUT2D eigenvalue weighted by molar-refractivity contribution is 0.744. The molecule has 0 saturated heterocycles. The van der Waals surface area contributed by atoms with Gasteiger partial charge in [-0.15, -0.1) is 11.3 Å². The molecule has 3 rings (SSSR count). The molecule has 2 aromatic heterocycles. The third kappa shape index (κ3) is 1.52. The summed E-state index contributed by atoms with van der Waals surface area (Å²) < 4.78 is 3.10. The van der Waals surface area contributed by atoms with Crippen molar-refractivity contribution >= 4 is 27.1 Å². The van der Waals surface area contributed by atoms with Gasteiger partial charge in [-0.1, -0.05) is 18.2 Å². The molecule has 4 heteroatoms. The van der Waals surface area contributed by atoms with E-state index in [1.165, 1.54) is 10.1 Å². The fraction of sp³-hybridized carbons (Fsp3) is 0.154. The van der Waals surface area contributed by atoms with Gasteiger partial charge in [-0.05, 0) is 24.4 Å². The van der Waals surface area contributed by atoms with E-state index in [9.17, 15) is 0 Å². The molecule has 2 heterocycles. The van der Waals surface area contributed by atoms with Gasteiger partial charge >= 0.3 is 0 Å². The Labute approximate surface area is 103 Å². The average Bonchev–Trinajstić information content (AvgIpc) is 2.86. The van der Waals surface area contributed by atoms with Crippen molar-refractivity contribution in [2.24, 2.45) is 7.05 Å². The molecular formula is C13H13N3S. The monoisotopic (exact) mass is 243 g/mol. The van der Waals surface area contributed by atoms with E-state index >= 15 is 0 Å². The lowest BCUT2D eigenvalue weighted by atomic mass is 10.2. The largest absolute Gasteiger partial charge is 0.395 e. The summed E-state index contributed by atoms with van der Waals surface area (Å²) in [5.41, 5.74) is 8.76.